The lowest BCUT2D eigenvalue weighted by atomic mass is 10.2. The number of nitrogens with zero attached hydrogens (tertiary/aromatic N) is 1. The van der Waals surface area contributed by atoms with E-state index in [1.807, 2.05) is 12.1 Å². The van der Waals surface area contributed by atoms with Crippen LogP contribution in [0.25, 0.3) is 0 Å². The van der Waals surface area contributed by atoms with Gasteiger partial charge in [-0.3, -0.25) is 4.79 Å². The molecule has 0 bridgehead atoms. The summed E-state index contributed by atoms with van der Waals surface area (Å²) in [6.45, 7) is 4.20. The van der Waals surface area contributed by atoms with E-state index in [0.717, 1.165) is 44.8 Å². The minimum atomic E-state index is -1.82. The van der Waals surface area contributed by atoms with E-state index in [1.54, 1.807) is 0 Å². The average Bonchev–Trinajstić information content (AvgIpc) is 3.09. The van der Waals surface area contributed by atoms with Crippen LogP contribution in [-0.2, 0) is 19.1 Å². The monoisotopic (exact) mass is 421 g/mol. The number of carbonyl (C=O) groups is 3. The number of benzene rings is 1. The van der Waals surface area contributed by atoms with Crippen LogP contribution >= 0.6 is 0 Å². The Morgan fingerprint density at radius 2 is 1.60 bits per heavy atom. The number of aliphatic carboxylic acids is 2. The fourth-order valence-corrected chi connectivity index (χ4v) is 3.44. The van der Waals surface area contributed by atoms with Gasteiger partial charge in [-0.2, -0.15) is 0 Å². The Hall–Kier alpha value is -2.65. The molecule has 30 heavy (non-hydrogen) atoms. The van der Waals surface area contributed by atoms with E-state index in [1.165, 1.54) is 31.4 Å². The van der Waals surface area contributed by atoms with Gasteiger partial charge in [-0.05, 0) is 49.9 Å². The molecule has 0 spiro atoms. The van der Waals surface area contributed by atoms with Crippen molar-refractivity contribution < 1.29 is 29.3 Å². The molecule has 2 saturated heterocycles. The van der Waals surface area contributed by atoms with Gasteiger partial charge in [-0.1, -0.05) is 12.8 Å². The van der Waals surface area contributed by atoms with Crippen LogP contribution in [0.5, 0.6) is 0 Å². The predicted octanol–water partition coefficient (Wildman–Crippen LogP) is 1.93. The highest BCUT2D eigenvalue weighted by Crippen LogP contribution is 2.21. The van der Waals surface area contributed by atoms with Crippen LogP contribution < -0.4 is 15.5 Å². The van der Waals surface area contributed by atoms with Crippen molar-refractivity contribution in [1.82, 2.24) is 5.32 Å². The quantitative estimate of drug-likeness (QED) is 0.513. The predicted molar refractivity (Wildman–Crippen MR) is 113 cm³/mol. The maximum Gasteiger partial charge on any atom is 0.414 e. The molecule has 1 atom stereocenters. The zero-order chi connectivity index (χ0) is 21.8. The Bertz CT molecular complexity index is 668. The van der Waals surface area contributed by atoms with Crippen molar-refractivity contribution in [3.05, 3.63) is 24.3 Å². The largest absolute Gasteiger partial charge is 0.473 e. The molecule has 2 aliphatic heterocycles. The van der Waals surface area contributed by atoms with Crippen molar-refractivity contribution in [2.24, 2.45) is 0 Å². The van der Waals surface area contributed by atoms with Crippen LogP contribution in [0.4, 0.5) is 11.4 Å². The standard InChI is InChI=1S/C19H29N3O2.C2H2O4/c23-19(15-20-14-18-6-5-13-24-18)21-16-7-9-17(10-8-16)22-11-3-1-2-4-12-22;3-1(4)2(5)6/h7-10,18,20H,1-6,11-15H2,(H,21,23);(H,3,4)(H,5,6). The number of rotatable bonds is 6. The fraction of sp³-hybridized carbons (Fsp3) is 0.571. The summed E-state index contributed by atoms with van der Waals surface area (Å²) in [7, 11) is 0. The Balaban J connectivity index is 0.000000469. The highest BCUT2D eigenvalue weighted by atomic mass is 16.5. The van der Waals surface area contributed by atoms with Gasteiger partial charge in [0.1, 0.15) is 0 Å². The van der Waals surface area contributed by atoms with Gasteiger partial charge in [-0.25, -0.2) is 9.59 Å². The number of anilines is 2. The van der Waals surface area contributed by atoms with Crippen LogP contribution in [0.3, 0.4) is 0 Å². The molecule has 3 rings (SSSR count). The second-order valence-electron chi connectivity index (χ2n) is 7.37. The molecule has 0 aliphatic carbocycles. The molecule has 0 aromatic heterocycles. The van der Waals surface area contributed by atoms with Crippen LogP contribution in [0.1, 0.15) is 38.5 Å². The van der Waals surface area contributed by atoms with Crippen molar-refractivity contribution in [1.29, 1.82) is 0 Å². The van der Waals surface area contributed by atoms with Gasteiger partial charge < -0.3 is 30.5 Å². The van der Waals surface area contributed by atoms with E-state index in [2.05, 4.69) is 27.7 Å². The molecule has 1 aromatic rings. The molecule has 1 aromatic carbocycles. The Labute approximate surface area is 176 Å². The molecule has 166 valence electrons. The molecule has 0 radical (unpaired) electrons. The van der Waals surface area contributed by atoms with Crippen molar-refractivity contribution in [3.8, 4) is 0 Å². The van der Waals surface area contributed by atoms with Gasteiger partial charge in [0.25, 0.3) is 0 Å². The molecule has 1 amide bonds. The summed E-state index contributed by atoms with van der Waals surface area (Å²) < 4.78 is 5.53. The molecular formula is C21H31N3O6. The number of carboxylic acid groups (broad SMARTS) is 2. The lowest BCUT2D eigenvalue weighted by Gasteiger charge is -2.22. The van der Waals surface area contributed by atoms with Gasteiger partial charge >= 0.3 is 11.9 Å². The highest BCUT2D eigenvalue weighted by molar-refractivity contribution is 6.27. The summed E-state index contributed by atoms with van der Waals surface area (Å²) in [6, 6.07) is 8.22. The molecular weight excluding hydrogens is 390 g/mol. The van der Waals surface area contributed by atoms with Crippen molar-refractivity contribution >= 4 is 29.2 Å². The molecule has 9 heteroatoms. The van der Waals surface area contributed by atoms with E-state index in [9.17, 15) is 4.79 Å². The molecule has 1 unspecified atom stereocenters. The number of carbonyl (C=O) groups excluding carboxylic acids is 1. The first-order chi connectivity index (χ1) is 14.5. The molecule has 4 N–H and O–H groups in total. The molecule has 0 saturated carbocycles. The molecule has 9 nitrogen and oxygen atoms in total. The Morgan fingerprint density at radius 3 is 2.13 bits per heavy atom. The van der Waals surface area contributed by atoms with Gasteiger partial charge in [0.05, 0.1) is 12.6 Å². The third-order valence-corrected chi connectivity index (χ3v) is 4.99. The Morgan fingerprint density at radius 1 is 0.967 bits per heavy atom. The van der Waals surface area contributed by atoms with Crippen LogP contribution in [0.2, 0.25) is 0 Å². The lowest BCUT2D eigenvalue weighted by Crippen LogP contribution is -2.33. The smallest absolute Gasteiger partial charge is 0.414 e. The van der Waals surface area contributed by atoms with Crippen molar-refractivity contribution in [2.45, 2.75) is 44.6 Å². The van der Waals surface area contributed by atoms with Gasteiger partial charge in [0.2, 0.25) is 5.91 Å². The number of hydrogen-bond donors (Lipinski definition) is 4. The first-order valence-electron chi connectivity index (χ1n) is 10.4. The number of carboxylic acids is 2. The highest BCUT2D eigenvalue weighted by Gasteiger charge is 2.15. The molecule has 2 heterocycles. The van der Waals surface area contributed by atoms with E-state index in [0.29, 0.717) is 6.54 Å². The van der Waals surface area contributed by atoms with Crippen LogP contribution in [0.15, 0.2) is 24.3 Å². The first-order valence-corrected chi connectivity index (χ1v) is 10.4. The average molecular weight is 421 g/mol. The van der Waals surface area contributed by atoms with Gasteiger partial charge in [-0.15, -0.1) is 0 Å². The minimum absolute atomic E-state index is 0.00415. The number of nitrogens with one attached hydrogen (secondary N) is 2. The van der Waals surface area contributed by atoms with E-state index in [4.69, 9.17) is 24.5 Å². The summed E-state index contributed by atoms with van der Waals surface area (Å²) in [5.74, 6) is -3.65. The topological polar surface area (TPSA) is 128 Å². The number of amides is 1. The summed E-state index contributed by atoms with van der Waals surface area (Å²) >= 11 is 0. The normalized spacial score (nSPS) is 18.7. The lowest BCUT2D eigenvalue weighted by molar-refractivity contribution is -0.159. The van der Waals surface area contributed by atoms with E-state index < -0.39 is 11.9 Å². The van der Waals surface area contributed by atoms with E-state index in [-0.39, 0.29) is 12.0 Å². The number of hydrogen-bond acceptors (Lipinski definition) is 6. The summed E-state index contributed by atoms with van der Waals surface area (Å²) in [5.41, 5.74) is 2.11. The summed E-state index contributed by atoms with van der Waals surface area (Å²) in [4.78, 5) is 32.6. The zero-order valence-corrected chi connectivity index (χ0v) is 17.1. The maximum atomic E-state index is 12.0. The second-order valence-corrected chi connectivity index (χ2v) is 7.37. The third kappa shape index (κ3) is 8.79. The minimum Gasteiger partial charge on any atom is -0.473 e. The third-order valence-electron chi connectivity index (χ3n) is 4.99. The molecule has 2 fully saturated rings. The molecule has 2 aliphatic rings. The van der Waals surface area contributed by atoms with Crippen LogP contribution in [0, 0.1) is 0 Å². The summed E-state index contributed by atoms with van der Waals surface area (Å²) in [5, 5.41) is 20.9. The van der Waals surface area contributed by atoms with E-state index >= 15 is 0 Å². The van der Waals surface area contributed by atoms with Crippen LogP contribution in [-0.4, -0.2) is 66.9 Å². The van der Waals surface area contributed by atoms with Gasteiger partial charge in [0, 0.05) is 37.6 Å². The first kappa shape index (κ1) is 23.6. The van der Waals surface area contributed by atoms with Crippen molar-refractivity contribution in [2.75, 3.05) is 43.0 Å². The fourth-order valence-electron chi connectivity index (χ4n) is 3.44. The Kier molecular flexibility index (Phi) is 10.1. The summed E-state index contributed by atoms with van der Waals surface area (Å²) in [6.07, 6.45) is 7.70. The van der Waals surface area contributed by atoms with Gasteiger partial charge in [0.15, 0.2) is 0 Å². The SMILES string of the molecule is O=C(CNCC1CCCO1)Nc1ccc(N2CCCCCC2)cc1.O=C(O)C(=O)O. The maximum absolute atomic E-state index is 12.0. The number of ether oxygens (including phenoxy) is 1. The second kappa shape index (κ2) is 12.8. The van der Waals surface area contributed by atoms with Crippen molar-refractivity contribution in [3.63, 3.8) is 0 Å². The zero-order valence-electron chi connectivity index (χ0n) is 17.1.